The second-order valence-corrected chi connectivity index (χ2v) is 9.29. The molecule has 3 heterocycles. The molecule has 2 saturated heterocycles. The number of benzene rings is 1. The molecule has 1 atom stereocenters. The van der Waals surface area contributed by atoms with Crippen molar-refractivity contribution in [3.05, 3.63) is 53.9 Å². The van der Waals surface area contributed by atoms with Crippen LogP contribution in [0.25, 0.3) is 0 Å². The van der Waals surface area contributed by atoms with Crippen molar-refractivity contribution < 1.29 is 9.31 Å². The van der Waals surface area contributed by atoms with Crippen molar-refractivity contribution in [1.82, 2.24) is 9.97 Å². The maximum absolute atomic E-state index is 6.40. The van der Waals surface area contributed by atoms with Gasteiger partial charge in [0.2, 0.25) is 5.95 Å². The van der Waals surface area contributed by atoms with Gasteiger partial charge in [0, 0.05) is 31.3 Å². The summed E-state index contributed by atoms with van der Waals surface area (Å²) in [6.45, 7) is 10.5. The number of nitrogens with zero attached hydrogens (tertiary/aromatic N) is 3. The quantitative estimate of drug-likeness (QED) is 0.704. The summed E-state index contributed by atoms with van der Waals surface area (Å²) in [7, 11) is -0.302. The SMILES string of the molecule is CC1(C)OB([C@H](Cc2cnc(N3CCCCC3)nc2)c2ccccc2)OC1(C)C. The standard InChI is InChI=1S/C23H32BN3O2/c1-22(2)23(3,4)29-24(28-22)20(19-11-7-5-8-12-19)15-18-16-25-21(26-17-18)27-13-9-6-10-14-27/h5,7-8,11-12,16-17,20H,6,9-10,13-15H2,1-4H3/t20-/m1/s1. The van der Waals surface area contributed by atoms with E-state index in [4.69, 9.17) is 9.31 Å². The highest BCUT2D eigenvalue weighted by Crippen LogP contribution is 2.41. The van der Waals surface area contributed by atoms with Gasteiger partial charge in [0.1, 0.15) is 0 Å². The summed E-state index contributed by atoms with van der Waals surface area (Å²) in [5, 5.41) is 0. The van der Waals surface area contributed by atoms with E-state index in [1.807, 2.05) is 18.5 Å². The molecule has 1 aromatic heterocycles. The van der Waals surface area contributed by atoms with Crippen LogP contribution in [0.5, 0.6) is 0 Å². The van der Waals surface area contributed by atoms with E-state index < -0.39 is 0 Å². The molecule has 2 aromatic rings. The van der Waals surface area contributed by atoms with Crippen LogP contribution in [0, 0.1) is 0 Å². The van der Waals surface area contributed by atoms with Gasteiger partial charge in [-0.2, -0.15) is 0 Å². The minimum Gasteiger partial charge on any atom is -0.403 e. The molecule has 4 rings (SSSR count). The Morgan fingerprint density at radius 3 is 2.10 bits per heavy atom. The van der Waals surface area contributed by atoms with E-state index in [0.29, 0.717) is 0 Å². The fraction of sp³-hybridized carbons (Fsp3) is 0.565. The smallest absolute Gasteiger partial charge is 0.403 e. The van der Waals surface area contributed by atoms with Crippen molar-refractivity contribution in [3.63, 3.8) is 0 Å². The van der Waals surface area contributed by atoms with Gasteiger partial charge in [-0.15, -0.1) is 0 Å². The second kappa shape index (κ2) is 8.08. The summed E-state index contributed by atoms with van der Waals surface area (Å²) in [5.74, 6) is 0.932. The molecule has 0 N–H and O–H groups in total. The monoisotopic (exact) mass is 393 g/mol. The van der Waals surface area contributed by atoms with E-state index >= 15 is 0 Å². The summed E-state index contributed by atoms with van der Waals surface area (Å²) in [6.07, 6.45) is 8.48. The third-order valence-electron chi connectivity index (χ3n) is 6.61. The molecule has 2 aliphatic heterocycles. The first kappa shape index (κ1) is 20.4. The zero-order valence-electron chi connectivity index (χ0n) is 18.1. The van der Waals surface area contributed by atoms with Crippen LogP contribution in [0.3, 0.4) is 0 Å². The summed E-state index contributed by atoms with van der Waals surface area (Å²) >= 11 is 0. The van der Waals surface area contributed by atoms with Crippen LogP contribution in [-0.4, -0.2) is 41.4 Å². The Balaban J connectivity index is 1.55. The van der Waals surface area contributed by atoms with Crippen LogP contribution in [0.1, 0.15) is 63.9 Å². The highest BCUT2D eigenvalue weighted by atomic mass is 16.7. The lowest BCUT2D eigenvalue weighted by Crippen LogP contribution is -2.41. The molecule has 0 aliphatic carbocycles. The third kappa shape index (κ3) is 4.33. The van der Waals surface area contributed by atoms with Gasteiger partial charge in [0.05, 0.1) is 11.2 Å². The van der Waals surface area contributed by atoms with Gasteiger partial charge < -0.3 is 14.2 Å². The third-order valence-corrected chi connectivity index (χ3v) is 6.61. The molecule has 0 spiro atoms. The average molecular weight is 393 g/mol. The van der Waals surface area contributed by atoms with E-state index in [1.54, 1.807) is 0 Å². The van der Waals surface area contributed by atoms with E-state index in [-0.39, 0.29) is 24.1 Å². The van der Waals surface area contributed by atoms with Gasteiger partial charge in [-0.1, -0.05) is 30.3 Å². The van der Waals surface area contributed by atoms with E-state index in [0.717, 1.165) is 31.0 Å². The van der Waals surface area contributed by atoms with Crippen LogP contribution in [-0.2, 0) is 15.7 Å². The highest BCUT2D eigenvalue weighted by Gasteiger charge is 2.53. The Morgan fingerprint density at radius 2 is 1.52 bits per heavy atom. The lowest BCUT2D eigenvalue weighted by Gasteiger charge is -2.32. The Bertz CT molecular complexity index is 789. The number of anilines is 1. The van der Waals surface area contributed by atoms with Crippen molar-refractivity contribution in [2.75, 3.05) is 18.0 Å². The molecule has 2 fully saturated rings. The van der Waals surface area contributed by atoms with Gasteiger partial charge in [0.15, 0.2) is 0 Å². The topological polar surface area (TPSA) is 47.5 Å². The largest absolute Gasteiger partial charge is 0.466 e. The Morgan fingerprint density at radius 1 is 0.931 bits per heavy atom. The number of rotatable bonds is 5. The lowest BCUT2D eigenvalue weighted by molar-refractivity contribution is 0.00578. The van der Waals surface area contributed by atoms with Crippen LogP contribution in [0.15, 0.2) is 42.7 Å². The first-order valence-electron chi connectivity index (χ1n) is 10.8. The molecule has 0 saturated carbocycles. The maximum Gasteiger partial charge on any atom is 0.466 e. The lowest BCUT2D eigenvalue weighted by atomic mass is 9.65. The van der Waals surface area contributed by atoms with E-state index in [9.17, 15) is 0 Å². The van der Waals surface area contributed by atoms with Gasteiger partial charge in [-0.25, -0.2) is 9.97 Å². The molecule has 1 aromatic carbocycles. The first-order chi connectivity index (χ1) is 13.9. The van der Waals surface area contributed by atoms with Crippen molar-refractivity contribution in [1.29, 1.82) is 0 Å². The number of hydrogen-bond donors (Lipinski definition) is 0. The van der Waals surface area contributed by atoms with E-state index in [1.165, 1.54) is 24.8 Å². The molecule has 2 aliphatic rings. The van der Waals surface area contributed by atoms with Gasteiger partial charge in [-0.05, 0) is 64.5 Å². The van der Waals surface area contributed by atoms with Crippen molar-refractivity contribution >= 4 is 13.1 Å². The maximum atomic E-state index is 6.40. The molecule has 0 amide bonds. The second-order valence-electron chi connectivity index (χ2n) is 9.29. The molecule has 6 heteroatoms. The zero-order chi connectivity index (χ0) is 20.5. The predicted octanol–water partition coefficient (Wildman–Crippen LogP) is 4.42. The number of hydrogen-bond acceptors (Lipinski definition) is 5. The summed E-state index contributed by atoms with van der Waals surface area (Å²) in [4.78, 5) is 11.6. The first-order valence-corrected chi connectivity index (χ1v) is 10.8. The Kier molecular flexibility index (Phi) is 5.67. The normalized spacial score (nSPS) is 21.9. The molecule has 0 radical (unpaired) electrons. The predicted molar refractivity (Wildman–Crippen MR) is 117 cm³/mol. The van der Waals surface area contributed by atoms with Crippen molar-refractivity contribution in [2.45, 2.75) is 70.4 Å². The highest BCUT2D eigenvalue weighted by molar-refractivity contribution is 6.47. The fourth-order valence-corrected chi connectivity index (χ4v) is 4.09. The van der Waals surface area contributed by atoms with Crippen molar-refractivity contribution in [3.8, 4) is 0 Å². The van der Waals surface area contributed by atoms with Gasteiger partial charge in [-0.3, -0.25) is 0 Å². The molecular weight excluding hydrogens is 361 g/mol. The molecule has 154 valence electrons. The minimum absolute atomic E-state index is 0.0849. The van der Waals surface area contributed by atoms with E-state index in [2.05, 4.69) is 66.8 Å². The van der Waals surface area contributed by atoms with Gasteiger partial charge >= 0.3 is 7.12 Å². The number of piperidine rings is 1. The molecule has 5 nitrogen and oxygen atoms in total. The number of aromatic nitrogens is 2. The van der Waals surface area contributed by atoms with Crippen LogP contribution >= 0.6 is 0 Å². The minimum atomic E-state index is -0.348. The van der Waals surface area contributed by atoms with Crippen molar-refractivity contribution in [2.24, 2.45) is 0 Å². The molecule has 0 bridgehead atoms. The average Bonchev–Trinajstić information content (AvgIpc) is 2.95. The summed E-state index contributed by atoms with van der Waals surface area (Å²) in [5.41, 5.74) is 1.62. The van der Waals surface area contributed by atoms with Crippen LogP contribution < -0.4 is 4.90 Å². The molecule has 29 heavy (non-hydrogen) atoms. The van der Waals surface area contributed by atoms with Crippen LogP contribution in [0.4, 0.5) is 5.95 Å². The summed E-state index contributed by atoms with van der Waals surface area (Å²) in [6, 6.07) is 10.5. The Hall–Kier alpha value is -1.92. The zero-order valence-corrected chi connectivity index (χ0v) is 18.1. The summed E-state index contributed by atoms with van der Waals surface area (Å²) < 4.78 is 12.8. The fourth-order valence-electron chi connectivity index (χ4n) is 4.09. The van der Waals surface area contributed by atoms with Gasteiger partial charge in [0.25, 0.3) is 0 Å². The van der Waals surface area contributed by atoms with Crippen LogP contribution in [0.2, 0.25) is 0 Å². The molecular formula is C23H32BN3O2. The molecule has 0 unspecified atom stereocenters. The Labute approximate surface area is 175 Å².